The summed E-state index contributed by atoms with van der Waals surface area (Å²) in [6.07, 6.45) is 14.7. The van der Waals surface area contributed by atoms with Gasteiger partial charge in [0, 0.05) is 62.2 Å². The van der Waals surface area contributed by atoms with Crippen molar-refractivity contribution < 1.29 is 4.79 Å². The quantitative estimate of drug-likeness (QED) is 0.768. The van der Waals surface area contributed by atoms with Gasteiger partial charge >= 0.3 is 0 Å². The minimum atomic E-state index is 0.244. The maximum absolute atomic E-state index is 13.1. The molecule has 2 aliphatic heterocycles. The summed E-state index contributed by atoms with van der Waals surface area (Å²) in [6.45, 7) is 3.74. The number of hydrogen-bond acceptors (Lipinski definition) is 5. The molecule has 1 amide bonds. The Balaban J connectivity index is 1.45. The topological polar surface area (TPSA) is 62.2 Å². The zero-order chi connectivity index (χ0) is 20.3. The van der Waals surface area contributed by atoms with E-state index in [2.05, 4.69) is 14.8 Å². The molecule has 6 heteroatoms. The molecule has 2 aromatic heterocycles. The van der Waals surface area contributed by atoms with Gasteiger partial charge in [-0.25, -0.2) is 9.97 Å². The Morgan fingerprint density at radius 2 is 1.70 bits per heavy atom. The average molecular weight is 406 g/mol. The number of aromatic nitrogens is 3. The van der Waals surface area contributed by atoms with Crippen molar-refractivity contribution in [1.82, 2.24) is 19.9 Å². The summed E-state index contributed by atoms with van der Waals surface area (Å²) in [7, 11) is 0. The molecule has 3 aliphatic rings. The maximum atomic E-state index is 13.1. The lowest BCUT2D eigenvalue weighted by Crippen LogP contribution is -2.42. The van der Waals surface area contributed by atoms with Gasteiger partial charge in [0.15, 0.2) is 0 Å². The first-order valence-corrected chi connectivity index (χ1v) is 11.6. The van der Waals surface area contributed by atoms with Crippen LogP contribution in [0.4, 0.5) is 5.95 Å². The van der Waals surface area contributed by atoms with Crippen LogP contribution >= 0.6 is 0 Å². The SMILES string of the molecule is O=C(C1CCCC1)N1CCCC(c2nc(N3CCCC3)ncc2-c2ccncc2)C1. The molecule has 1 saturated carbocycles. The van der Waals surface area contributed by atoms with Crippen molar-refractivity contribution in [3.63, 3.8) is 0 Å². The number of hydrogen-bond donors (Lipinski definition) is 0. The number of rotatable bonds is 4. The molecule has 0 bridgehead atoms. The van der Waals surface area contributed by atoms with Gasteiger partial charge in [0.25, 0.3) is 0 Å². The molecule has 2 saturated heterocycles. The van der Waals surface area contributed by atoms with Gasteiger partial charge in [-0.05, 0) is 56.2 Å². The fourth-order valence-electron chi connectivity index (χ4n) is 5.35. The molecule has 30 heavy (non-hydrogen) atoms. The van der Waals surface area contributed by atoms with Crippen LogP contribution in [0.1, 0.15) is 63.0 Å². The lowest BCUT2D eigenvalue weighted by Gasteiger charge is -2.35. The van der Waals surface area contributed by atoms with Crippen LogP contribution in [-0.4, -0.2) is 51.9 Å². The van der Waals surface area contributed by atoms with Gasteiger partial charge in [-0.15, -0.1) is 0 Å². The van der Waals surface area contributed by atoms with Crippen LogP contribution in [0.5, 0.6) is 0 Å². The number of carbonyl (C=O) groups is 1. The fourth-order valence-corrected chi connectivity index (χ4v) is 5.35. The van der Waals surface area contributed by atoms with E-state index in [0.29, 0.717) is 5.91 Å². The molecule has 3 fully saturated rings. The van der Waals surface area contributed by atoms with E-state index in [9.17, 15) is 4.79 Å². The molecule has 1 unspecified atom stereocenters. The van der Waals surface area contributed by atoms with Crippen molar-refractivity contribution in [1.29, 1.82) is 0 Å². The molecule has 1 atom stereocenters. The number of pyridine rings is 1. The zero-order valence-electron chi connectivity index (χ0n) is 17.7. The first kappa shape index (κ1) is 19.5. The summed E-state index contributed by atoms with van der Waals surface area (Å²) in [5.74, 6) is 1.72. The number of nitrogens with zero attached hydrogens (tertiary/aromatic N) is 5. The summed E-state index contributed by atoms with van der Waals surface area (Å²) < 4.78 is 0. The molecule has 6 nitrogen and oxygen atoms in total. The molecule has 5 rings (SSSR count). The van der Waals surface area contributed by atoms with Gasteiger partial charge in [0.2, 0.25) is 11.9 Å². The van der Waals surface area contributed by atoms with Crippen molar-refractivity contribution in [2.45, 2.75) is 57.3 Å². The molecule has 0 spiro atoms. The van der Waals surface area contributed by atoms with Crippen LogP contribution in [0.3, 0.4) is 0 Å². The van der Waals surface area contributed by atoms with Crippen LogP contribution < -0.4 is 4.90 Å². The summed E-state index contributed by atoms with van der Waals surface area (Å²) in [4.78, 5) is 31.5. The Labute approximate surface area is 178 Å². The molecular weight excluding hydrogens is 374 g/mol. The minimum absolute atomic E-state index is 0.244. The average Bonchev–Trinajstić information content (AvgIpc) is 3.53. The number of amides is 1. The predicted octanol–water partition coefficient (Wildman–Crippen LogP) is 4.04. The van der Waals surface area contributed by atoms with Gasteiger partial charge < -0.3 is 9.80 Å². The molecule has 158 valence electrons. The third-order valence-corrected chi connectivity index (χ3v) is 7.01. The second-order valence-electron chi connectivity index (χ2n) is 9.00. The van der Waals surface area contributed by atoms with Crippen LogP contribution in [0, 0.1) is 5.92 Å². The van der Waals surface area contributed by atoms with Gasteiger partial charge in [-0.2, -0.15) is 0 Å². The first-order chi connectivity index (χ1) is 14.8. The van der Waals surface area contributed by atoms with Gasteiger partial charge in [-0.3, -0.25) is 9.78 Å². The van der Waals surface area contributed by atoms with E-state index in [1.165, 1.54) is 25.7 Å². The Kier molecular flexibility index (Phi) is 5.65. The first-order valence-electron chi connectivity index (χ1n) is 11.6. The Morgan fingerprint density at radius 1 is 0.933 bits per heavy atom. The summed E-state index contributed by atoms with van der Waals surface area (Å²) in [5, 5.41) is 0. The third kappa shape index (κ3) is 3.92. The highest BCUT2D eigenvalue weighted by molar-refractivity contribution is 5.79. The molecular formula is C24H31N5O. The molecule has 1 aliphatic carbocycles. The lowest BCUT2D eigenvalue weighted by atomic mass is 9.89. The highest BCUT2D eigenvalue weighted by atomic mass is 16.2. The Bertz CT molecular complexity index is 874. The maximum Gasteiger partial charge on any atom is 0.225 e. The summed E-state index contributed by atoms with van der Waals surface area (Å²) in [5.41, 5.74) is 3.29. The normalized spacial score (nSPS) is 22.6. The molecule has 2 aromatic rings. The van der Waals surface area contributed by atoms with E-state index in [-0.39, 0.29) is 11.8 Å². The monoisotopic (exact) mass is 405 g/mol. The standard InChI is InChI=1S/C24H31N5O/c30-23(19-6-1-2-7-19)29-15-5-8-20(17-29)22-21(18-9-11-25-12-10-18)16-26-24(27-22)28-13-3-4-14-28/h9-12,16,19-20H,1-8,13-15,17H2. The van der Waals surface area contributed by atoms with Crippen molar-refractivity contribution in [2.75, 3.05) is 31.1 Å². The zero-order valence-corrected chi connectivity index (χ0v) is 17.7. The smallest absolute Gasteiger partial charge is 0.225 e. The highest BCUT2D eigenvalue weighted by Crippen LogP contribution is 2.36. The van der Waals surface area contributed by atoms with Crippen LogP contribution in [0.25, 0.3) is 11.1 Å². The summed E-state index contributed by atoms with van der Waals surface area (Å²) >= 11 is 0. The van der Waals surface area contributed by atoms with E-state index < -0.39 is 0 Å². The third-order valence-electron chi connectivity index (χ3n) is 7.01. The Morgan fingerprint density at radius 3 is 2.47 bits per heavy atom. The van der Waals surface area contributed by atoms with E-state index in [0.717, 1.165) is 74.6 Å². The van der Waals surface area contributed by atoms with Crippen LogP contribution in [-0.2, 0) is 4.79 Å². The van der Waals surface area contributed by atoms with Crippen molar-refractivity contribution >= 4 is 11.9 Å². The lowest BCUT2D eigenvalue weighted by molar-refractivity contribution is -0.136. The molecule has 0 radical (unpaired) electrons. The molecule has 4 heterocycles. The second kappa shape index (κ2) is 8.70. The van der Waals surface area contributed by atoms with E-state index in [1.807, 2.05) is 30.7 Å². The summed E-state index contributed by atoms with van der Waals surface area (Å²) in [6, 6.07) is 4.06. The van der Waals surface area contributed by atoms with Crippen LogP contribution in [0.15, 0.2) is 30.7 Å². The van der Waals surface area contributed by atoms with Gasteiger partial charge in [-0.1, -0.05) is 12.8 Å². The van der Waals surface area contributed by atoms with Crippen molar-refractivity contribution in [3.8, 4) is 11.1 Å². The Hall–Kier alpha value is -2.50. The molecule has 0 N–H and O–H groups in total. The number of piperidine rings is 1. The fraction of sp³-hybridized carbons (Fsp3) is 0.583. The molecule has 0 aromatic carbocycles. The number of likely N-dealkylation sites (tertiary alicyclic amines) is 1. The second-order valence-corrected chi connectivity index (χ2v) is 9.00. The van der Waals surface area contributed by atoms with E-state index in [1.54, 1.807) is 0 Å². The number of anilines is 1. The number of carbonyl (C=O) groups excluding carboxylic acids is 1. The largest absolute Gasteiger partial charge is 0.342 e. The highest BCUT2D eigenvalue weighted by Gasteiger charge is 2.33. The van der Waals surface area contributed by atoms with Gasteiger partial charge in [0.1, 0.15) is 0 Å². The van der Waals surface area contributed by atoms with Crippen molar-refractivity contribution in [2.24, 2.45) is 5.92 Å². The van der Waals surface area contributed by atoms with Crippen LogP contribution in [0.2, 0.25) is 0 Å². The van der Waals surface area contributed by atoms with E-state index >= 15 is 0 Å². The van der Waals surface area contributed by atoms with Gasteiger partial charge in [0.05, 0.1) is 5.69 Å². The minimum Gasteiger partial charge on any atom is -0.342 e. The van der Waals surface area contributed by atoms with E-state index in [4.69, 9.17) is 9.97 Å². The predicted molar refractivity (Wildman–Crippen MR) is 117 cm³/mol. The van der Waals surface area contributed by atoms with Crippen molar-refractivity contribution in [3.05, 3.63) is 36.4 Å².